The van der Waals surface area contributed by atoms with Crippen molar-refractivity contribution in [1.82, 2.24) is 24.7 Å². The molecule has 0 unspecified atom stereocenters. The van der Waals surface area contributed by atoms with Crippen LogP contribution in [0, 0.1) is 23.1 Å². The van der Waals surface area contributed by atoms with Crippen molar-refractivity contribution in [2.24, 2.45) is 5.92 Å². The van der Waals surface area contributed by atoms with Gasteiger partial charge in [-0.2, -0.15) is 5.26 Å². The van der Waals surface area contributed by atoms with Crippen LogP contribution < -0.4 is 10.1 Å². The van der Waals surface area contributed by atoms with Crippen LogP contribution >= 0.6 is 23.2 Å². The minimum atomic E-state index is -0.523. The lowest BCUT2D eigenvalue weighted by Crippen LogP contribution is -2.42. The molecular formula is C39H45Cl2FN6O2. The van der Waals surface area contributed by atoms with Crippen LogP contribution in [0.2, 0.25) is 10.0 Å². The molecule has 264 valence electrons. The average molecular weight is 720 g/mol. The molecule has 3 fully saturated rings. The van der Waals surface area contributed by atoms with E-state index in [2.05, 4.69) is 54.7 Å². The van der Waals surface area contributed by atoms with Crippen molar-refractivity contribution >= 4 is 50.9 Å². The van der Waals surface area contributed by atoms with Crippen molar-refractivity contribution in [3.63, 3.8) is 0 Å². The molecule has 1 amide bonds. The first kappa shape index (κ1) is 35.0. The SMILES string of the molecule is C[C@@H]1CN[C@H](C)[C@H]1n1c(CCC(=O)N2CCC2)cc2c(O[C@@H](C)[C@@H]3CCCN3C)nc3c(F)c(-c4cccc(Cl)c4Cl)c(CCC#N)cc3c21. The number of halogens is 3. The van der Waals surface area contributed by atoms with E-state index in [1.807, 2.05) is 11.0 Å². The highest BCUT2D eigenvalue weighted by Gasteiger charge is 2.36. The molecule has 1 N–H and O–H groups in total. The highest BCUT2D eigenvalue weighted by atomic mass is 35.5. The van der Waals surface area contributed by atoms with Gasteiger partial charge in [0.2, 0.25) is 11.8 Å². The summed E-state index contributed by atoms with van der Waals surface area (Å²) >= 11 is 13.2. The molecule has 2 aromatic carbocycles. The number of nitriles is 1. The molecule has 3 aliphatic rings. The second kappa shape index (κ2) is 14.3. The number of likely N-dealkylation sites (N-methyl/N-ethyl adjacent to an activating group) is 1. The Labute approximate surface area is 303 Å². The summed E-state index contributed by atoms with van der Waals surface area (Å²) in [5, 5.41) is 15.3. The number of aromatic nitrogens is 2. The lowest BCUT2D eigenvalue weighted by Gasteiger charge is -2.31. The Morgan fingerprint density at radius 1 is 1.16 bits per heavy atom. The standard InChI is InChI=1S/C39H45Cl2FN6O2/c1-22-21-44-23(2)37(22)48-26(13-14-32(49)47-17-8-18-47)20-29-38(48)28-19-25(9-6-15-43)33(27-10-5-11-30(40)34(27)41)35(42)36(28)45-39(29)50-24(3)31-12-7-16-46(31)4/h5,10-11,19-20,22-24,31,37,44H,6-9,12-14,16-18,21H2,1-4H3/t22-,23-,24+,31+,37+/m1/s1. The Morgan fingerprint density at radius 2 is 1.96 bits per heavy atom. The minimum Gasteiger partial charge on any atom is -0.472 e. The van der Waals surface area contributed by atoms with E-state index >= 15 is 4.39 Å². The summed E-state index contributed by atoms with van der Waals surface area (Å²) in [6.07, 6.45) is 4.41. The van der Waals surface area contributed by atoms with Gasteiger partial charge in [0.05, 0.1) is 33.1 Å². The molecule has 11 heteroatoms. The normalized spacial score (nSPS) is 23.0. The van der Waals surface area contributed by atoms with E-state index in [0.717, 1.165) is 62.0 Å². The van der Waals surface area contributed by atoms with Crippen LogP contribution in [0.1, 0.15) is 70.2 Å². The Hall–Kier alpha value is -3.42. The third-order valence-corrected chi connectivity index (χ3v) is 12.1. The third kappa shape index (κ3) is 6.23. The molecule has 7 rings (SSSR count). The predicted octanol–water partition coefficient (Wildman–Crippen LogP) is 7.95. The van der Waals surface area contributed by atoms with Gasteiger partial charge >= 0.3 is 0 Å². The summed E-state index contributed by atoms with van der Waals surface area (Å²) in [5.74, 6) is 0.290. The largest absolute Gasteiger partial charge is 0.472 e. The van der Waals surface area contributed by atoms with Gasteiger partial charge in [0.25, 0.3) is 0 Å². The highest BCUT2D eigenvalue weighted by molar-refractivity contribution is 6.43. The van der Waals surface area contributed by atoms with Crippen LogP contribution in [0.3, 0.4) is 0 Å². The van der Waals surface area contributed by atoms with Crippen molar-refractivity contribution < 1.29 is 13.9 Å². The number of hydrogen-bond acceptors (Lipinski definition) is 6. The number of aryl methyl sites for hydroxylation is 2. The molecule has 4 aromatic rings. The number of carbonyl (C=O) groups is 1. The number of hydrogen-bond donors (Lipinski definition) is 1. The Bertz CT molecular complexity index is 1980. The number of rotatable bonds is 10. The van der Waals surface area contributed by atoms with Crippen molar-refractivity contribution in [3.8, 4) is 23.1 Å². The fraction of sp³-hybridized carbons (Fsp3) is 0.513. The minimum absolute atomic E-state index is 0.0473. The number of amides is 1. The maximum Gasteiger partial charge on any atom is 0.223 e. The topological polar surface area (TPSA) is 86.4 Å². The molecule has 5 atom stereocenters. The second-order valence-electron chi connectivity index (χ2n) is 14.5. The van der Waals surface area contributed by atoms with Crippen LogP contribution in [0.5, 0.6) is 5.88 Å². The molecule has 0 bridgehead atoms. The van der Waals surface area contributed by atoms with Gasteiger partial charge in [0.15, 0.2) is 5.82 Å². The van der Waals surface area contributed by atoms with Gasteiger partial charge in [0.1, 0.15) is 11.6 Å². The van der Waals surface area contributed by atoms with Crippen LogP contribution in [0.15, 0.2) is 30.3 Å². The van der Waals surface area contributed by atoms with Crippen molar-refractivity contribution in [2.45, 2.75) is 89.9 Å². The number of nitrogens with zero attached hydrogens (tertiary/aromatic N) is 5. The van der Waals surface area contributed by atoms with E-state index in [0.29, 0.717) is 52.2 Å². The molecule has 50 heavy (non-hydrogen) atoms. The molecule has 3 aliphatic heterocycles. The van der Waals surface area contributed by atoms with Gasteiger partial charge in [-0.1, -0.05) is 42.3 Å². The smallest absolute Gasteiger partial charge is 0.223 e. The molecule has 8 nitrogen and oxygen atoms in total. The fourth-order valence-electron chi connectivity index (χ4n) is 8.49. The number of pyridine rings is 1. The zero-order valence-corrected chi connectivity index (χ0v) is 30.7. The van der Waals surface area contributed by atoms with Crippen LogP contribution in [-0.4, -0.2) is 76.7 Å². The summed E-state index contributed by atoms with van der Waals surface area (Å²) in [7, 11) is 2.12. The summed E-state index contributed by atoms with van der Waals surface area (Å²) < 4.78 is 26.6. The van der Waals surface area contributed by atoms with E-state index in [-0.39, 0.29) is 53.0 Å². The van der Waals surface area contributed by atoms with E-state index in [4.69, 9.17) is 32.9 Å². The van der Waals surface area contributed by atoms with Crippen LogP contribution in [0.4, 0.5) is 4.39 Å². The molecule has 0 aliphatic carbocycles. The first-order valence-corrected chi connectivity index (χ1v) is 18.7. The first-order valence-electron chi connectivity index (χ1n) is 18.0. The molecule has 0 radical (unpaired) electrons. The number of nitrogens with one attached hydrogen (secondary N) is 1. The van der Waals surface area contributed by atoms with Gasteiger partial charge in [0, 0.05) is 66.8 Å². The molecule has 5 heterocycles. The van der Waals surface area contributed by atoms with Crippen molar-refractivity contribution in [2.75, 3.05) is 33.2 Å². The van der Waals surface area contributed by atoms with E-state index < -0.39 is 5.82 Å². The van der Waals surface area contributed by atoms with Gasteiger partial charge in [-0.15, -0.1) is 0 Å². The number of benzene rings is 2. The van der Waals surface area contributed by atoms with Crippen LogP contribution in [-0.2, 0) is 17.6 Å². The second-order valence-corrected chi connectivity index (χ2v) is 15.3. The lowest BCUT2D eigenvalue weighted by molar-refractivity contribution is -0.134. The number of fused-ring (bicyclic) bond motifs is 3. The van der Waals surface area contributed by atoms with Crippen molar-refractivity contribution in [1.29, 1.82) is 5.26 Å². The predicted molar refractivity (Wildman–Crippen MR) is 198 cm³/mol. The summed E-state index contributed by atoms with van der Waals surface area (Å²) in [6, 6.07) is 11.9. The summed E-state index contributed by atoms with van der Waals surface area (Å²) in [5.41, 5.74) is 3.44. The maximum absolute atomic E-state index is 17.4. The van der Waals surface area contributed by atoms with Crippen molar-refractivity contribution in [3.05, 3.63) is 57.5 Å². The third-order valence-electron chi connectivity index (χ3n) is 11.2. The Kier molecular flexibility index (Phi) is 10.0. The van der Waals surface area contributed by atoms with Crippen LogP contribution in [0.25, 0.3) is 32.9 Å². The molecule has 3 saturated heterocycles. The molecule has 0 saturated carbocycles. The summed E-state index contributed by atoms with van der Waals surface area (Å²) in [4.78, 5) is 22.4. The summed E-state index contributed by atoms with van der Waals surface area (Å²) in [6.45, 7) is 9.95. The quantitative estimate of drug-likeness (QED) is 0.179. The highest BCUT2D eigenvalue weighted by Crippen LogP contribution is 2.45. The van der Waals surface area contributed by atoms with E-state index in [1.165, 1.54) is 0 Å². The molecular weight excluding hydrogens is 674 g/mol. The van der Waals surface area contributed by atoms with Gasteiger partial charge in [-0.3, -0.25) is 9.69 Å². The number of ether oxygens (including phenoxy) is 1. The van der Waals surface area contributed by atoms with Gasteiger partial charge in [-0.05, 0) is 89.2 Å². The zero-order valence-electron chi connectivity index (χ0n) is 29.2. The van der Waals surface area contributed by atoms with Gasteiger partial charge < -0.3 is 19.5 Å². The maximum atomic E-state index is 17.4. The van der Waals surface area contributed by atoms with Gasteiger partial charge in [-0.25, -0.2) is 9.37 Å². The Morgan fingerprint density at radius 3 is 2.62 bits per heavy atom. The lowest BCUT2D eigenvalue weighted by atomic mass is 9.93. The van der Waals surface area contributed by atoms with E-state index in [1.54, 1.807) is 18.2 Å². The monoisotopic (exact) mass is 718 g/mol. The number of likely N-dealkylation sites (tertiary alicyclic amines) is 2. The van der Waals surface area contributed by atoms with E-state index in [9.17, 15) is 10.1 Å². The molecule has 0 spiro atoms. The molecule has 2 aromatic heterocycles. The number of carbonyl (C=O) groups excluding carboxylic acids is 1. The first-order chi connectivity index (χ1) is 24.1. The zero-order chi connectivity index (χ0) is 35.3. The average Bonchev–Trinajstić information content (AvgIpc) is 3.76. The Balaban J connectivity index is 1.51. The fourth-order valence-corrected chi connectivity index (χ4v) is 8.88.